The van der Waals surface area contributed by atoms with Gasteiger partial charge in [-0.25, -0.2) is 0 Å². The van der Waals surface area contributed by atoms with E-state index in [9.17, 15) is 9.59 Å². The summed E-state index contributed by atoms with van der Waals surface area (Å²) in [5.74, 6) is -2.47. The highest BCUT2D eigenvalue weighted by Crippen LogP contribution is 2.21. The van der Waals surface area contributed by atoms with E-state index in [1.807, 2.05) is 24.3 Å². The van der Waals surface area contributed by atoms with Crippen molar-refractivity contribution in [2.24, 2.45) is 5.92 Å². The lowest BCUT2D eigenvalue weighted by atomic mass is 10.1. The predicted molar refractivity (Wildman–Crippen MR) is 64.4 cm³/mol. The molecule has 1 atom stereocenters. The van der Waals surface area contributed by atoms with Crippen LogP contribution in [0, 0.1) is 5.92 Å². The van der Waals surface area contributed by atoms with Gasteiger partial charge in [-0.05, 0) is 35.0 Å². The molecule has 0 aliphatic carbocycles. The smallest absolute Gasteiger partial charge is 0.315 e. The highest BCUT2D eigenvalue weighted by atomic mass is 79.9. The molecule has 16 heavy (non-hydrogen) atoms. The molecule has 0 saturated heterocycles. The van der Waals surface area contributed by atoms with Crippen LogP contribution in [0.5, 0.6) is 0 Å². The van der Waals surface area contributed by atoms with Gasteiger partial charge in [0.1, 0.15) is 11.7 Å². The van der Waals surface area contributed by atoms with Gasteiger partial charge in [0.05, 0.1) is 0 Å². The zero-order valence-corrected chi connectivity index (χ0v) is 10.3. The van der Waals surface area contributed by atoms with E-state index >= 15 is 0 Å². The van der Waals surface area contributed by atoms with Crippen molar-refractivity contribution < 1.29 is 14.7 Å². The van der Waals surface area contributed by atoms with E-state index in [1.165, 1.54) is 6.92 Å². The molecule has 1 aromatic carbocycles. The van der Waals surface area contributed by atoms with Crippen LogP contribution in [0.1, 0.15) is 6.92 Å². The molecule has 0 heterocycles. The minimum atomic E-state index is -1.10. The summed E-state index contributed by atoms with van der Waals surface area (Å²) in [6.45, 7) is 1.37. The molecule has 0 aliphatic rings. The Balaban J connectivity index is 2.66. The maximum atomic E-state index is 11.1. The number of rotatable bonds is 5. The van der Waals surface area contributed by atoms with Crippen molar-refractivity contribution in [3.8, 4) is 0 Å². The molecule has 0 fully saturated rings. The summed E-state index contributed by atoms with van der Waals surface area (Å²) in [5.41, 5.74) is 0.773. The number of Topliss-reactive ketones (excluding diaryl/α,β-unsaturated/α-hetero) is 1. The van der Waals surface area contributed by atoms with Crippen LogP contribution >= 0.6 is 15.9 Å². The van der Waals surface area contributed by atoms with Crippen LogP contribution < -0.4 is 5.32 Å². The third-order valence-corrected chi connectivity index (χ3v) is 2.85. The van der Waals surface area contributed by atoms with Crippen LogP contribution in [0.4, 0.5) is 5.69 Å². The van der Waals surface area contributed by atoms with Crippen LogP contribution in [0.2, 0.25) is 0 Å². The summed E-state index contributed by atoms with van der Waals surface area (Å²) < 4.78 is 0.836. The Kier molecular flexibility index (Phi) is 4.49. The van der Waals surface area contributed by atoms with Gasteiger partial charge in [0.25, 0.3) is 0 Å². The number of carboxylic acids is 1. The molecule has 0 spiro atoms. The van der Waals surface area contributed by atoms with Crippen molar-refractivity contribution in [2.75, 3.05) is 11.9 Å². The van der Waals surface area contributed by atoms with Crippen LogP contribution in [0.3, 0.4) is 0 Å². The first-order valence-electron chi connectivity index (χ1n) is 4.74. The van der Waals surface area contributed by atoms with Crippen molar-refractivity contribution in [2.45, 2.75) is 6.92 Å². The number of halogens is 1. The lowest BCUT2D eigenvalue weighted by molar-refractivity contribution is -0.145. The zero-order chi connectivity index (χ0) is 12.1. The van der Waals surface area contributed by atoms with Gasteiger partial charge >= 0.3 is 5.97 Å². The SMILES string of the molecule is CC(=O)C(CNc1ccccc1Br)C(=O)O. The minimum Gasteiger partial charge on any atom is -0.481 e. The molecule has 5 heteroatoms. The van der Waals surface area contributed by atoms with E-state index in [0.717, 1.165) is 10.2 Å². The number of carboxylic acid groups (broad SMARTS) is 1. The van der Waals surface area contributed by atoms with Crippen LogP contribution in [-0.2, 0) is 9.59 Å². The summed E-state index contributed by atoms with van der Waals surface area (Å²) in [7, 11) is 0. The number of para-hydroxylation sites is 1. The third-order valence-electron chi connectivity index (χ3n) is 2.16. The molecular formula is C11H12BrNO3. The molecule has 0 bridgehead atoms. The molecule has 1 aromatic rings. The quantitative estimate of drug-likeness (QED) is 0.814. The standard InChI is InChI=1S/C11H12BrNO3/c1-7(14)8(11(15)16)6-13-10-5-3-2-4-9(10)12/h2-5,8,13H,6H2,1H3,(H,15,16). The molecule has 2 N–H and O–H groups in total. The first-order chi connectivity index (χ1) is 7.52. The second kappa shape index (κ2) is 5.65. The second-order valence-electron chi connectivity index (χ2n) is 3.36. The molecule has 0 aromatic heterocycles. The molecule has 4 nitrogen and oxygen atoms in total. The number of hydrogen-bond donors (Lipinski definition) is 2. The maximum Gasteiger partial charge on any atom is 0.315 e. The fourth-order valence-electron chi connectivity index (χ4n) is 1.22. The average Bonchev–Trinajstić information content (AvgIpc) is 2.20. The zero-order valence-electron chi connectivity index (χ0n) is 8.74. The Morgan fingerprint density at radius 3 is 2.56 bits per heavy atom. The molecule has 0 saturated carbocycles. The van der Waals surface area contributed by atoms with Gasteiger partial charge in [0.2, 0.25) is 0 Å². The molecule has 1 rings (SSSR count). The largest absolute Gasteiger partial charge is 0.481 e. The van der Waals surface area contributed by atoms with E-state index < -0.39 is 11.9 Å². The number of nitrogens with one attached hydrogen (secondary N) is 1. The highest BCUT2D eigenvalue weighted by Gasteiger charge is 2.22. The van der Waals surface area contributed by atoms with Crippen molar-refractivity contribution in [1.82, 2.24) is 0 Å². The number of aliphatic carboxylic acids is 1. The molecule has 0 aliphatic heterocycles. The van der Waals surface area contributed by atoms with Gasteiger partial charge in [-0.1, -0.05) is 12.1 Å². The molecule has 0 amide bonds. The maximum absolute atomic E-state index is 11.1. The Labute approximate surface area is 102 Å². The van der Waals surface area contributed by atoms with Crippen LogP contribution in [0.15, 0.2) is 28.7 Å². The fourth-order valence-corrected chi connectivity index (χ4v) is 1.65. The van der Waals surface area contributed by atoms with E-state index in [-0.39, 0.29) is 12.3 Å². The van der Waals surface area contributed by atoms with Crippen molar-refractivity contribution in [3.63, 3.8) is 0 Å². The van der Waals surface area contributed by atoms with E-state index in [0.29, 0.717) is 0 Å². The van der Waals surface area contributed by atoms with Gasteiger partial charge < -0.3 is 10.4 Å². The number of benzene rings is 1. The first kappa shape index (κ1) is 12.7. The lowest BCUT2D eigenvalue weighted by Crippen LogP contribution is -2.29. The van der Waals surface area contributed by atoms with Gasteiger partial charge in [-0.2, -0.15) is 0 Å². The Bertz CT molecular complexity index is 392. The third kappa shape index (κ3) is 3.34. The summed E-state index contributed by atoms with van der Waals surface area (Å²) in [5, 5.41) is 11.7. The molecule has 86 valence electrons. The van der Waals surface area contributed by atoms with Crippen molar-refractivity contribution in [3.05, 3.63) is 28.7 Å². The van der Waals surface area contributed by atoms with Gasteiger partial charge in [-0.15, -0.1) is 0 Å². The topological polar surface area (TPSA) is 66.4 Å². The Hall–Kier alpha value is -1.36. The summed E-state index contributed by atoms with van der Waals surface area (Å²) in [4.78, 5) is 21.8. The molecule has 0 radical (unpaired) electrons. The number of anilines is 1. The number of hydrogen-bond acceptors (Lipinski definition) is 3. The normalized spacial score (nSPS) is 11.9. The van der Waals surface area contributed by atoms with Crippen molar-refractivity contribution in [1.29, 1.82) is 0 Å². The predicted octanol–water partition coefficient (Wildman–Crippen LogP) is 2.15. The summed E-state index contributed by atoms with van der Waals surface area (Å²) in [6, 6.07) is 7.33. The number of carbonyl (C=O) groups excluding carboxylic acids is 1. The summed E-state index contributed by atoms with van der Waals surface area (Å²) in [6.07, 6.45) is 0. The number of ketones is 1. The monoisotopic (exact) mass is 285 g/mol. The van der Waals surface area contributed by atoms with Gasteiger partial charge in [0.15, 0.2) is 0 Å². The minimum absolute atomic E-state index is 0.0906. The Morgan fingerprint density at radius 2 is 2.06 bits per heavy atom. The van der Waals surface area contributed by atoms with Gasteiger partial charge in [-0.3, -0.25) is 9.59 Å². The first-order valence-corrected chi connectivity index (χ1v) is 5.53. The number of carbonyl (C=O) groups is 2. The van der Waals surface area contributed by atoms with Gasteiger partial charge in [0, 0.05) is 16.7 Å². The molecule has 1 unspecified atom stereocenters. The summed E-state index contributed by atoms with van der Waals surface area (Å²) >= 11 is 3.33. The molecular weight excluding hydrogens is 274 g/mol. The van der Waals surface area contributed by atoms with E-state index in [4.69, 9.17) is 5.11 Å². The lowest BCUT2D eigenvalue weighted by Gasteiger charge is -2.12. The Morgan fingerprint density at radius 1 is 1.44 bits per heavy atom. The van der Waals surface area contributed by atoms with Crippen molar-refractivity contribution >= 4 is 33.4 Å². The van der Waals surface area contributed by atoms with Crippen LogP contribution in [0.25, 0.3) is 0 Å². The average molecular weight is 286 g/mol. The van der Waals surface area contributed by atoms with E-state index in [1.54, 1.807) is 0 Å². The fraction of sp³-hybridized carbons (Fsp3) is 0.273. The van der Waals surface area contributed by atoms with Crippen LogP contribution in [-0.4, -0.2) is 23.4 Å². The second-order valence-corrected chi connectivity index (χ2v) is 4.22. The van der Waals surface area contributed by atoms with E-state index in [2.05, 4.69) is 21.2 Å². The highest BCUT2D eigenvalue weighted by molar-refractivity contribution is 9.10.